The fourth-order valence-corrected chi connectivity index (χ4v) is 2.98. The highest BCUT2D eigenvalue weighted by Crippen LogP contribution is 2.24. The second-order valence-corrected chi connectivity index (χ2v) is 5.73. The van der Waals surface area contributed by atoms with Gasteiger partial charge in [0.15, 0.2) is 0 Å². The molecule has 1 N–H and O–H groups in total. The summed E-state index contributed by atoms with van der Waals surface area (Å²) in [4.78, 5) is 5.03. The standard InChI is InChI=1S/C15H23N3/c1-12-10-18(8-7-17(12)2)11-13-3-4-15-14(9-13)5-6-16-15/h3-4,9,12,16H,5-8,10-11H2,1-2H3. The Morgan fingerprint density at radius 3 is 3.06 bits per heavy atom. The van der Waals surface area contributed by atoms with Crippen LogP contribution < -0.4 is 5.32 Å². The van der Waals surface area contributed by atoms with Crippen LogP contribution in [0.5, 0.6) is 0 Å². The van der Waals surface area contributed by atoms with E-state index in [4.69, 9.17) is 0 Å². The molecule has 0 aromatic heterocycles. The van der Waals surface area contributed by atoms with E-state index in [2.05, 4.69) is 47.3 Å². The molecular weight excluding hydrogens is 222 g/mol. The first-order valence-electron chi connectivity index (χ1n) is 7.00. The van der Waals surface area contributed by atoms with Gasteiger partial charge >= 0.3 is 0 Å². The smallest absolute Gasteiger partial charge is 0.0373 e. The number of anilines is 1. The minimum absolute atomic E-state index is 0.676. The van der Waals surface area contributed by atoms with Gasteiger partial charge in [0.05, 0.1) is 0 Å². The van der Waals surface area contributed by atoms with Gasteiger partial charge in [0.25, 0.3) is 0 Å². The molecule has 0 spiro atoms. The lowest BCUT2D eigenvalue weighted by atomic mass is 10.1. The average molecular weight is 245 g/mol. The van der Waals surface area contributed by atoms with Crippen LogP contribution in [0.1, 0.15) is 18.1 Å². The van der Waals surface area contributed by atoms with Crippen LogP contribution in [-0.2, 0) is 13.0 Å². The molecule has 1 saturated heterocycles. The van der Waals surface area contributed by atoms with Crippen LogP contribution in [0.3, 0.4) is 0 Å². The molecule has 2 heterocycles. The van der Waals surface area contributed by atoms with E-state index in [1.54, 1.807) is 0 Å². The fourth-order valence-electron chi connectivity index (χ4n) is 2.98. The molecule has 2 aliphatic heterocycles. The summed E-state index contributed by atoms with van der Waals surface area (Å²) in [5, 5.41) is 3.42. The van der Waals surface area contributed by atoms with Gasteiger partial charge in [-0.15, -0.1) is 0 Å². The van der Waals surface area contributed by atoms with Crippen molar-refractivity contribution in [3.63, 3.8) is 0 Å². The van der Waals surface area contributed by atoms with Crippen LogP contribution >= 0.6 is 0 Å². The summed E-state index contributed by atoms with van der Waals surface area (Å²) in [5.41, 5.74) is 4.30. The average Bonchev–Trinajstić information content (AvgIpc) is 2.81. The summed E-state index contributed by atoms with van der Waals surface area (Å²) in [7, 11) is 2.23. The van der Waals surface area contributed by atoms with Crippen molar-refractivity contribution in [3.05, 3.63) is 29.3 Å². The molecule has 1 aromatic carbocycles. The maximum atomic E-state index is 3.42. The third-order valence-corrected chi connectivity index (χ3v) is 4.33. The summed E-state index contributed by atoms with van der Waals surface area (Å²) in [6, 6.07) is 7.59. The maximum Gasteiger partial charge on any atom is 0.0373 e. The summed E-state index contributed by atoms with van der Waals surface area (Å²) < 4.78 is 0. The Morgan fingerprint density at radius 2 is 2.22 bits per heavy atom. The predicted molar refractivity (Wildman–Crippen MR) is 76.0 cm³/mol. The van der Waals surface area contributed by atoms with Gasteiger partial charge in [-0.1, -0.05) is 12.1 Å². The van der Waals surface area contributed by atoms with Gasteiger partial charge in [0.1, 0.15) is 0 Å². The Hall–Kier alpha value is -1.06. The van der Waals surface area contributed by atoms with E-state index >= 15 is 0 Å². The SMILES string of the molecule is CC1CN(Cc2ccc3c(c2)CCN3)CCN1C. The molecule has 2 aliphatic rings. The van der Waals surface area contributed by atoms with Crippen molar-refractivity contribution in [1.29, 1.82) is 0 Å². The normalized spacial score (nSPS) is 24.9. The number of nitrogens with zero attached hydrogens (tertiary/aromatic N) is 2. The zero-order valence-electron chi connectivity index (χ0n) is 11.4. The second kappa shape index (κ2) is 4.90. The number of rotatable bonds is 2. The Bertz CT molecular complexity index is 430. The summed E-state index contributed by atoms with van der Waals surface area (Å²) in [5.74, 6) is 0. The lowest BCUT2D eigenvalue weighted by Crippen LogP contribution is -2.49. The third-order valence-electron chi connectivity index (χ3n) is 4.33. The Morgan fingerprint density at radius 1 is 1.33 bits per heavy atom. The second-order valence-electron chi connectivity index (χ2n) is 5.73. The van der Waals surface area contributed by atoms with Crippen LogP contribution in [0.4, 0.5) is 5.69 Å². The topological polar surface area (TPSA) is 18.5 Å². The van der Waals surface area contributed by atoms with Crippen LogP contribution in [0.2, 0.25) is 0 Å². The molecule has 1 fully saturated rings. The highest BCUT2D eigenvalue weighted by atomic mass is 15.3. The van der Waals surface area contributed by atoms with Gasteiger partial charge in [-0.25, -0.2) is 0 Å². The molecule has 3 heteroatoms. The molecule has 0 aliphatic carbocycles. The van der Waals surface area contributed by atoms with Gasteiger partial charge in [0.2, 0.25) is 0 Å². The van der Waals surface area contributed by atoms with E-state index < -0.39 is 0 Å². The number of hydrogen-bond acceptors (Lipinski definition) is 3. The van der Waals surface area contributed by atoms with E-state index in [9.17, 15) is 0 Å². The van der Waals surface area contributed by atoms with Crippen LogP contribution in [0.25, 0.3) is 0 Å². The monoisotopic (exact) mass is 245 g/mol. The molecule has 1 atom stereocenters. The molecule has 3 nitrogen and oxygen atoms in total. The minimum Gasteiger partial charge on any atom is -0.384 e. The molecule has 0 radical (unpaired) electrons. The van der Waals surface area contributed by atoms with E-state index in [1.165, 1.54) is 42.9 Å². The Balaban J connectivity index is 1.66. The largest absolute Gasteiger partial charge is 0.384 e. The van der Waals surface area contributed by atoms with Crippen molar-refractivity contribution >= 4 is 5.69 Å². The van der Waals surface area contributed by atoms with E-state index in [0.717, 1.165) is 13.1 Å². The maximum absolute atomic E-state index is 3.42. The molecule has 1 aromatic rings. The summed E-state index contributed by atoms with van der Waals surface area (Å²) >= 11 is 0. The molecule has 3 rings (SSSR count). The van der Waals surface area contributed by atoms with Gasteiger partial charge in [-0.3, -0.25) is 4.90 Å². The Labute approximate surface area is 110 Å². The number of piperazine rings is 1. The molecule has 1 unspecified atom stereocenters. The van der Waals surface area contributed by atoms with Crippen molar-refractivity contribution < 1.29 is 0 Å². The molecule has 0 saturated carbocycles. The summed E-state index contributed by atoms with van der Waals surface area (Å²) in [6.45, 7) is 8.09. The quantitative estimate of drug-likeness (QED) is 0.857. The van der Waals surface area contributed by atoms with Gasteiger partial charge in [-0.05, 0) is 37.6 Å². The van der Waals surface area contributed by atoms with Gasteiger partial charge in [-0.2, -0.15) is 0 Å². The molecular formula is C15H23N3. The van der Waals surface area contributed by atoms with Gasteiger partial charge < -0.3 is 10.2 Å². The number of benzene rings is 1. The van der Waals surface area contributed by atoms with Crippen molar-refractivity contribution in [2.45, 2.75) is 25.9 Å². The van der Waals surface area contributed by atoms with E-state index in [-0.39, 0.29) is 0 Å². The fraction of sp³-hybridized carbons (Fsp3) is 0.600. The number of fused-ring (bicyclic) bond motifs is 1. The zero-order valence-corrected chi connectivity index (χ0v) is 11.4. The number of nitrogens with one attached hydrogen (secondary N) is 1. The molecule has 0 bridgehead atoms. The third kappa shape index (κ3) is 2.38. The van der Waals surface area contributed by atoms with Gasteiger partial charge in [0, 0.05) is 44.5 Å². The molecule has 18 heavy (non-hydrogen) atoms. The summed E-state index contributed by atoms with van der Waals surface area (Å²) in [6.07, 6.45) is 1.18. The van der Waals surface area contributed by atoms with Crippen molar-refractivity contribution in [3.8, 4) is 0 Å². The van der Waals surface area contributed by atoms with Crippen molar-refractivity contribution in [1.82, 2.24) is 9.80 Å². The van der Waals surface area contributed by atoms with Crippen molar-refractivity contribution in [2.24, 2.45) is 0 Å². The molecule has 0 amide bonds. The highest BCUT2D eigenvalue weighted by Gasteiger charge is 2.20. The van der Waals surface area contributed by atoms with Crippen LogP contribution in [0, 0.1) is 0 Å². The zero-order chi connectivity index (χ0) is 12.5. The van der Waals surface area contributed by atoms with E-state index in [1.807, 2.05) is 0 Å². The lowest BCUT2D eigenvalue weighted by Gasteiger charge is -2.37. The van der Waals surface area contributed by atoms with E-state index in [0.29, 0.717) is 6.04 Å². The predicted octanol–water partition coefficient (Wildman–Crippen LogP) is 1.79. The minimum atomic E-state index is 0.676. The first-order chi connectivity index (χ1) is 8.72. The number of likely N-dealkylation sites (N-methyl/N-ethyl adjacent to an activating group) is 1. The van der Waals surface area contributed by atoms with Crippen LogP contribution in [0.15, 0.2) is 18.2 Å². The first kappa shape index (κ1) is 12.0. The van der Waals surface area contributed by atoms with Crippen molar-refractivity contribution in [2.75, 3.05) is 38.5 Å². The highest BCUT2D eigenvalue weighted by molar-refractivity contribution is 5.56. The first-order valence-corrected chi connectivity index (χ1v) is 7.00. The Kier molecular flexibility index (Phi) is 3.27. The lowest BCUT2D eigenvalue weighted by molar-refractivity contribution is 0.1000. The number of hydrogen-bond donors (Lipinski definition) is 1. The molecule has 98 valence electrons. The van der Waals surface area contributed by atoms with Crippen LogP contribution in [-0.4, -0.2) is 49.1 Å².